The first kappa shape index (κ1) is 24.6. The van der Waals surface area contributed by atoms with Gasteiger partial charge < -0.3 is 14.4 Å². The lowest BCUT2D eigenvalue weighted by Crippen LogP contribution is -2.08. The first-order chi connectivity index (χ1) is 18.1. The van der Waals surface area contributed by atoms with E-state index in [1.165, 1.54) is 44.3 Å². The molecule has 0 fully saturated rings. The molecule has 37 heavy (non-hydrogen) atoms. The number of para-hydroxylation sites is 1. The van der Waals surface area contributed by atoms with Crippen molar-refractivity contribution in [2.45, 2.75) is 13.8 Å². The van der Waals surface area contributed by atoms with E-state index in [1.807, 2.05) is 13.0 Å². The van der Waals surface area contributed by atoms with Gasteiger partial charge >= 0.3 is 0 Å². The molecular formula is C34H33NO2. The zero-order valence-corrected chi connectivity index (χ0v) is 21.8. The average molecular weight is 488 g/mol. The maximum absolute atomic E-state index is 6.03. The number of fused-ring (bicyclic) bond motifs is 1. The minimum absolute atomic E-state index is 0.537. The molecule has 0 radical (unpaired) electrons. The van der Waals surface area contributed by atoms with Gasteiger partial charge in [0.1, 0.15) is 12.4 Å². The van der Waals surface area contributed by atoms with Gasteiger partial charge in [0.15, 0.2) is 0 Å². The monoisotopic (exact) mass is 487 g/mol. The number of hydrogen-bond acceptors (Lipinski definition) is 3. The molecule has 5 aromatic carbocycles. The van der Waals surface area contributed by atoms with Crippen LogP contribution < -0.4 is 9.64 Å². The zero-order valence-electron chi connectivity index (χ0n) is 21.8. The van der Waals surface area contributed by atoms with Crippen LogP contribution in [-0.2, 0) is 4.74 Å². The largest absolute Gasteiger partial charge is 0.491 e. The second-order valence-corrected chi connectivity index (χ2v) is 9.22. The van der Waals surface area contributed by atoms with Crippen LogP contribution in [0.4, 0.5) is 11.4 Å². The van der Waals surface area contributed by atoms with Crippen LogP contribution in [0.2, 0.25) is 0 Å². The standard InChI is InChI=1S/C34H33NO2/c1-4-36-22-23-37-30-18-19-33-31(20-21-32(34(33)24-30)26-12-10-25(2)11-13-26)27-14-16-29(17-15-27)35(3)28-8-6-5-7-9-28/h5-21,24H,4,22-23H2,1-3H3. The zero-order chi connectivity index (χ0) is 25.6. The Morgan fingerprint density at radius 3 is 1.92 bits per heavy atom. The molecule has 3 heteroatoms. The highest BCUT2D eigenvalue weighted by Crippen LogP contribution is 2.38. The van der Waals surface area contributed by atoms with Crippen LogP contribution in [0.1, 0.15) is 12.5 Å². The van der Waals surface area contributed by atoms with Crippen LogP contribution in [0.5, 0.6) is 5.75 Å². The third-order valence-corrected chi connectivity index (χ3v) is 6.76. The molecule has 0 unspecified atom stereocenters. The Hall–Kier alpha value is -4.08. The van der Waals surface area contributed by atoms with Crippen molar-refractivity contribution in [2.75, 3.05) is 31.8 Å². The fourth-order valence-corrected chi connectivity index (χ4v) is 4.68. The van der Waals surface area contributed by atoms with Crippen molar-refractivity contribution in [2.24, 2.45) is 0 Å². The fourth-order valence-electron chi connectivity index (χ4n) is 4.68. The third kappa shape index (κ3) is 5.52. The molecule has 0 aliphatic carbocycles. The molecule has 5 aromatic rings. The topological polar surface area (TPSA) is 21.7 Å². The Balaban J connectivity index is 1.53. The molecule has 0 bridgehead atoms. The van der Waals surface area contributed by atoms with E-state index in [0.717, 1.165) is 11.4 Å². The number of anilines is 2. The second kappa shape index (κ2) is 11.3. The maximum atomic E-state index is 6.03. The molecule has 186 valence electrons. The van der Waals surface area contributed by atoms with Gasteiger partial charge in [-0.25, -0.2) is 0 Å². The summed E-state index contributed by atoms with van der Waals surface area (Å²) < 4.78 is 11.5. The van der Waals surface area contributed by atoms with Crippen molar-refractivity contribution in [3.63, 3.8) is 0 Å². The average Bonchev–Trinajstić information content (AvgIpc) is 2.95. The summed E-state index contributed by atoms with van der Waals surface area (Å²) in [6, 6.07) is 38.8. The van der Waals surface area contributed by atoms with Gasteiger partial charge in [0.25, 0.3) is 0 Å². The predicted molar refractivity (Wildman–Crippen MR) is 156 cm³/mol. The normalized spacial score (nSPS) is 11.0. The van der Waals surface area contributed by atoms with Crippen molar-refractivity contribution in [3.8, 4) is 28.0 Å². The highest BCUT2D eigenvalue weighted by molar-refractivity contribution is 6.05. The van der Waals surface area contributed by atoms with Crippen LogP contribution in [0.15, 0.2) is 109 Å². The molecule has 0 heterocycles. The number of rotatable bonds is 9. The lowest BCUT2D eigenvalue weighted by Gasteiger charge is -2.20. The van der Waals surface area contributed by atoms with E-state index >= 15 is 0 Å². The summed E-state index contributed by atoms with van der Waals surface area (Å²) in [6.45, 7) is 5.94. The quantitative estimate of drug-likeness (QED) is 0.194. The summed E-state index contributed by atoms with van der Waals surface area (Å²) in [7, 11) is 2.10. The van der Waals surface area contributed by atoms with E-state index < -0.39 is 0 Å². The van der Waals surface area contributed by atoms with E-state index in [-0.39, 0.29) is 0 Å². The Kier molecular flexibility index (Phi) is 7.53. The number of hydrogen-bond donors (Lipinski definition) is 0. The summed E-state index contributed by atoms with van der Waals surface area (Å²) in [5.41, 5.74) is 8.38. The SMILES string of the molecule is CCOCCOc1ccc2c(-c3ccc(N(C)c4ccccc4)cc3)ccc(-c3ccc(C)cc3)c2c1. The van der Waals surface area contributed by atoms with Crippen LogP contribution in [-0.4, -0.2) is 26.9 Å². The molecule has 0 aliphatic heterocycles. The van der Waals surface area contributed by atoms with Gasteiger partial charge in [-0.3, -0.25) is 0 Å². The van der Waals surface area contributed by atoms with Gasteiger partial charge in [-0.2, -0.15) is 0 Å². The van der Waals surface area contributed by atoms with Gasteiger partial charge in [-0.05, 0) is 83.3 Å². The van der Waals surface area contributed by atoms with Gasteiger partial charge in [0.2, 0.25) is 0 Å². The molecule has 5 rings (SSSR count). The molecule has 0 aliphatic rings. The van der Waals surface area contributed by atoms with Crippen LogP contribution in [0.3, 0.4) is 0 Å². The van der Waals surface area contributed by atoms with E-state index in [9.17, 15) is 0 Å². The third-order valence-electron chi connectivity index (χ3n) is 6.76. The molecule has 0 N–H and O–H groups in total. The Bertz CT molecular complexity index is 1460. The number of benzene rings is 5. The lowest BCUT2D eigenvalue weighted by atomic mass is 9.91. The molecule has 0 saturated carbocycles. The van der Waals surface area contributed by atoms with Crippen LogP contribution in [0, 0.1) is 6.92 Å². The summed E-state index contributed by atoms with van der Waals surface area (Å²) >= 11 is 0. The number of nitrogens with zero attached hydrogens (tertiary/aromatic N) is 1. The minimum atomic E-state index is 0.537. The molecular weight excluding hydrogens is 454 g/mol. The Morgan fingerprint density at radius 2 is 1.24 bits per heavy atom. The van der Waals surface area contributed by atoms with Gasteiger partial charge in [0.05, 0.1) is 6.61 Å². The molecule has 0 spiro atoms. The van der Waals surface area contributed by atoms with Crippen LogP contribution >= 0.6 is 0 Å². The Morgan fingerprint density at radius 1 is 0.622 bits per heavy atom. The highest BCUT2D eigenvalue weighted by Gasteiger charge is 2.12. The second-order valence-electron chi connectivity index (χ2n) is 9.22. The van der Waals surface area contributed by atoms with Gasteiger partial charge in [-0.1, -0.05) is 78.4 Å². The van der Waals surface area contributed by atoms with Crippen molar-refractivity contribution >= 4 is 22.1 Å². The smallest absolute Gasteiger partial charge is 0.120 e. The number of ether oxygens (including phenoxy) is 2. The molecule has 0 aromatic heterocycles. The summed E-state index contributed by atoms with van der Waals surface area (Å²) in [6.07, 6.45) is 0. The maximum Gasteiger partial charge on any atom is 0.120 e. The highest BCUT2D eigenvalue weighted by atomic mass is 16.5. The summed E-state index contributed by atoms with van der Waals surface area (Å²) in [4.78, 5) is 2.20. The fraction of sp³-hybridized carbons (Fsp3) is 0.176. The van der Waals surface area contributed by atoms with Crippen molar-refractivity contribution in [1.82, 2.24) is 0 Å². The summed E-state index contributed by atoms with van der Waals surface area (Å²) in [5.74, 6) is 0.859. The van der Waals surface area contributed by atoms with Crippen molar-refractivity contribution in [3.05, 3.63) is 115 Å². The van der Waals surface area contributed by atoms with Crippen molar-refractivity contribution < 1.29 is 9.47 Å². The number of aryl methyl sites for hydroxylation is 1. The first-order valence-electron chi connectivity index (χ1n) is 12.9. The lowest BCUT2D eigenvalue weighted by molar-refractivity contribution is 0.110. The molecule has 0 amide bonds. The molecule has 0 atom stereocenters. The van der Waals surface area contributed by atoms with E-state index in [2.05, 4.69) is 122 Å². The minimum Gasteiger partial charge on any atom is -0.491 e. The van der Waals surface area contributed by atoms with E-state index in [4.69, 9.17) is 9.47 Å². The predicted octanol–water partition coefficient (Wildman–Crippen LogP) is 8.67. The first-order valence-corrected chi connectivity index (χ1v) is 12.9. The van der Waals surface area contributed by atoms with Crippen molar-refractivity contribution in [1.29, 1.82) is 0 Å². The van der Waals surface area contributed by atoms with E-state index in [0.29, 0.717) is 19.8 Å². The van der Waals surface area contributed by atoms with Gasteiger partial charge in [0, 0.05) is 25.0 Å². The van der Waals surface area contributed by atoms with Gasteiger partial charge in [-0.15, -0.1) is 0 Å². The Labute approximate surface area is 219 Å². The van der Waals surface area contributed by atoms with E-state index in [1.54, 1.807) is 0 Å². The summed E-state index contributed by atoms with van der Waals surface area (Å²) in [5, 5.41) is 2.39. The van der Waals surface area contributed by atoms with Crippen LogP contribution in [0.25, 0.3) is 33.0 Å². The molecule has 3 nitrogen and oxygen atoms in total. The molecule has 0 saturated heterocycles.